The van der Waals surface area contributed by atoms with E-state index in [0.717, 1.165) is 60.7 Å². The van der Waals surface area contributed by atoms with Gasteiger partial charge in [0.1, 0.15) is 16.7 Å². The number of amides is 1. The van der Waals surface area contributed by atoms with Gasteiger partial charge in [-0.15, -0.1) is 0 Å². The number of rotatable bonds is 10. The zero-order valence-corrected chi connectivity index (χ0v) is 22.9. The maximum atomic E-state index is 12.6. The number of allylic oxidation sites excluding steroid dienone is 3. The van der Waals surface area contributed by atoms with E-state index in [1.54, 1.807) is 25.3 Å². The highest BCUT2D eigenvalue weighted by Gasteiger charge is 2.19. The number of hydrogen-bond acceptors (Lipinski definition) is 6. The van der Waals surface area contributed by atoms with Crippen molar-refractivity contribution in [2.24, 2.45) is 4.99 Å². The molecule has 39 heavy (non-hydrogen) atoms. The van der Waals surface area contributed by atoms with Gasteiger partial charge in [-0.3, -0.25) is 19.4 Å². The molecule has 1 aliphatic rings. The van der Waals surface area contributed by atoms with Crippen molar-refractivity contribution in [2.45, 2.75) is 12.3 Å². The predicted molar refractivity (Wildman–Crippen MR) is 160 cm³/mol. The molecule has 4 rings (SSSR count). The summed E-state index contributed by atoms with van der Waals surface area (Å²) in [5.41, 5.74) is 5.37. The number of nitrogens with zero attached hydrogens (tertiary/aromatic N) is 3. The van der Waals surface area contributed by atoms with Crippen LogP contribution in [0.5, 0.6) is 0 Å². The number of carbonyl (C=O) groups excluding carboxylic acids is 1. The van der Waals surface area contributed by atoms with Crippen LogP contribution in [0.1, 0.15) is 27.0 Å². The third kappa shape index (κ3) is 7.99. The highest BCUT2D eigenvalue weighted by atomic mass is 32.2. The van der Waals surface area contributed by atoms with E-state index in [-0.39, 0.29) is 17.4 Å². The van der Waals surface area contributed by atoms with Gasteiger partial charge in [-0.2, -0.15) is 0 Å². The number of benzene rings is 3. The first kappa shape index (κ1) is 28.0. The number of nitrogens with one attached hydrogen (secondary N) is 1. The van der Waals surface area contributed by atoms with Gasteiger partial charge in [0.2, 0.25) is 0 Å². The number of aliphatic hydroxyl groups excluding tert-OH is 1. The summed E-state index contributed by atoms with van der Waals surface area (Å²) in [6.45, 7) is 8.44. The van der Waals surface area contributed by atoms with Crippen LogP contribution in [0.2, 0.25) is 0 Å². The highest BCUT2D eigenvalue weighted by Crippen LogP contribution is 2.23. The average molecular weight is 543 g/mol. The van der Waals surface area contributed by atoms with Gasteiger partial charge in [-0.1, -0.05) is 61.2 Å². The molecular formula is C31H34N4O3S. The van der Waals surface area contributed by atoms with Crippen LogP contribution in [0.4, 0.5) is 5.69 Å². The topological polar surface area (TPSA) is 85.2 Å². The van der Waals surface area contributed by atoms with E-state index in [0.29, 0.717) is 5.56 Å². The zero-order valence-electron chi connectivity index (χ0n) is 22.1. The summed E-state index contributed by atoms with van der Waals surface area (Å²) in [4.78, 5) is 21.1. The molecule has 0 saturated carbocycles. The minimum atomic E-state index is -1.48. The van der Waals surface area contributed by atoms with Crippen molar-refractivity contribution in [3.63, 3.8) is 0 Å². The second-order valence-corrected chi connectivity index (χ2v) is 10.5. The van der Waals surface area contributed by atoms with Crippen molar-refractivity contribution in [2.75, 3.05) is 38.1 Å². The molecule has 3 aromatic rings. The Hall–Kier alpha value is -4.01. The molecular weight excluding hydrogens is 508 g/mol. The number of anilines is 1. The summed E-state index contributed by atoms with van der Waals surface area (Å²) in [6.07, 6.45) is 3.04. The van der Waals surface area contributed by atoms with Gasteiger partial charge in [-0.05, 0) is 52.6 Å². The second-order valence-electron chi connectivity index (χ2n) is 9.36. The molecule has 3 aromatic carbocycles. The minimum absolute atomic E-state index is 0.0786. The molecule has 1 saturated heterocycles. The van der Waals surface area contributed by atoms with Crippen LogP contribution in [-0.2, 0) is 23.3 Å². The second kappa shape index (κ2) is 13.7. The lowest BCUT2D eigenvalue weighted by molar-refractivity contribution is 0.0983. The lowest BCUT2D eigenvalue weighted by atomic mass is 9.99. The first-order chi connectivity index (χ1) is 18.9. The molecule has 1 atom stereocenters. The predicted octanol–water partition coefficient (Wildman–Crippen LogP) is 4.76. The summed E-state index contributed by atoms with van der Waals surface area (Å²) >= 11 is 0. The number of aliphatic imine (C=N–C) groups is 1. The van der Waals surface area contributed by atoms with E-state index in [1.807, 2.05) is 60.7 Å². The van der Waals surface area contributed by atoms with E-state index in [2.05, 4.69) is 32.2 Å². The Morgan fingerprint density at radius 1 is 1.00 bits per heavy atom. The van der Waals surface area contributed by atoms with Crippen LogP contribution in [-0.4, -0.2) is 59.6 Å². The first-order valence-corrected chi connectivity index (χ1v) is 14.2. The molecule has 1 fully saturated rings. The smallest absolute Gasteiger partial charge is 0.262 e. The molecule has 1 heterocycles. The largest absolute Gasteiger partial charge is 0.506 e. The molecule has 0 radical (unpaired) electrons. The maximum absolute atomic E-state index is 12.6. The Labute approximate surface area is 232 Å². The molecule has 1 aliphatic heterocycles. The third-order valence-corrected chi connectivity index (χ3v) is 7.56. The third-order valence-electron chi connectivity index (χ3n) is 6.55. The maximum Gasteiger partial charge on any atom is 0.262 e. The lowest BCUT2D eigenvalue weighted by Crippen LogP contribution is -2.46. The fourth-order valence-corrected chi connectivity index (χ4v) is 5.44. The van der Waals surface area contributed by atoms with Crippen molar-refractivity contribution in [1.29, 1.82) is 0 Å². The summed E-state index contributed by atoms with van der Waals surface area (Å²) in [5, 5.41) is 9.97. The number of piperazine rings is 1. The van der Waals surface area contributed by atoms with Crippen LogP contribution in [0.15, 0.2) is 102 Å². The Morgan fingerprint density at radius 2 is 1.67 bits per heavy atom. The molecule has 202 valence electrons. The molecule has 2 N–H and O–H groups in total. The van der Waals surface area contributed by atoms with Crippen molar-refractivity contribution < 1.29 is 14.1 Å². The van der Waals surface area contributed by atoms with Crippen molar-refractivity contribution in [3.05, 3.63) is 120 Å². The van der Waals surface area contributed by atoms with Gasteiger partial charge in [0.05, 0.1) is 12.0 Å². The van der Waals surface area contributed by atoms with Crippen LogP contribution in [0.3, 0.4) is 0 Å². The molecule has 0 aliphatic carbocycles. The summed E-state index contributed by atoms with van der Waals surface area (Å²) in [6, 6.07) is 25.0. The van der Waals surface area contributed by atoms with Gasteiger partial charge in [-0.25, -0.2) is 4.21 Å². The molecule has 8 heteroatoms. The molecule has 0 aromatic heterocycles. The Bertz CT molecular complexity index is 1360. The van der Waals surface area contributed by atoms with E-state index >= 15 is 0 Å². The van der Waals surface area contributed by atoms with E-state index in [9.17, 15) is 14.1 Å². The fourth-order valence-electron chi connectivity index (χ4n) is 4.55. The highest BCUT2D eigenvalue weighted by molar-refractivity contribution is 7.82. The monoisotopic (exact) mass is 542 g/mol. The Morgan fingerprint density at radius 3 is 2.36 bits per heavy atom. The quantitative estimate of drug-likeness (QED) is 0.219. The minimum Gasteiger partial charge on any atom is -0.506 e. The normalized spacial score (nSPS) is 15.3. The molecule has 1 unspecified atom stereocenters. The van der Waals surface area contributed by atoms with E-state index in [4.69, 9.17) is 0 Å². The molecule has 1 amide bonds. The van der Waals surface area contributed by atoms with Crippen LogP contribution < -0.4 is 9.62 Å². The SMILES string of the molecule is C=C(/C=C(/O)C=NC)c1ccccc1CN1CCN(c2ccc(C(=O)NS(=O)Cc3ccccc3)cc2)CC1. The summed E-state index contributed by atoms with van der Waals surface area (Å²) in [7, 11) is 0.131. The summed E-state index contributed by atoms with van der Waals surface area (Å²) < 4.78 is 14.9. The van der Waals surface area contributed by atoms with Gasteiger partial charge in [0.15, 0.2) is 0 Å². The number of aliphatic hydroxyl groups is 1. The zero-order chi connectivity index (χ0) is 27.6. The first-order valence-electron chi connectivity index (χ1n) is 12.8. The number of carbonyl (C=O) groups is 1. The molecule has 0 bridgehead atoms. The van der Waals surface area contributed by atoms with Crippen LogP contribution in [0.25, 0.3) is 5.57 Å². The molecule has 7 nitrogen and oxygen atoms in total. The standard InChI is InChI=1S/C31H34N4O3S/c1-24(20-29(36)21-32-2)30-11-7-6-10-27(30)22-34-16-18-35(19-17-34)28-14-12-26(13-15-28)31(37)33-39(38)23-25-8-4-3-5-9-25/h3-15,20-21,36H,1,16-19,22-23H2,2H3,(H,33,37)/b29-20+,32-21?. The van der Waals surface area contributed by atoms with Gasteiger partial charge in [0.25, 0.3) is 5.91 Å². The van der Waals surface area contributed by atoms with Gasteiger partial charge >= 0.3 is 0 Å². The summed E-state index contributed by atoms with van der Waals surface area (Å²) in [5.74, 6) is 0.0151. The van der Waals surface area contributed by atoms with Gasteiger partial charge < -0.3 is 10.0 Å². The average Bonchev–Trinajstić information content (AvgIpc) is 2.94. The Balaban J connectivity index is 1.30. The van der Waals surface area contributed by atoms with E-state index < -0.39 is 11.0 Å². The van der Waals surface area contributed by atoms with Crippen molar-refractivity contribution in [1.82, 2.24) is 9.62 Å². The lowest BCUT2D eigenvalue weighted by Gasteiger charge is -2.36. The van der Waals surface area contributed by atoms with Crippen LogP contribution in [0, 0.1) is 0 Å². The Kier molecular flexibility index (Phi) is 9.83. The van der Waals surface area contributed by atoms with Crippen molar-refractivity contribution >= 4 is 34.4 Å². The van der Waals surface area contributed by atoms with E-state index in [1.165, 1.54) is 6.21 Å². The number of hydrogen-bond donors (Lipinski definition) is 2. The molecule has 0 spiro atoms. The van der Waals surface area contributed by atoms with Crippen molar-refractivity contribution in [3.8, 4) is 0 Å². The van der Waals surface area contributed by atoms with Crippen LogP contribution >= 0.6 is 0 Å². The fraction of sp³-hybridized carbons (Fsp3) is 0.226. The van der Waals surface area contributed by atoms with Gasteiger partial charge in [0, 0.05) is 51.0 Å².